The van der Waals surface area contributed by atoms with E-state index in [0.717, 1.165) is 37.0 Å². The molecule has 0 bridgehead atoms. The second-order valence-electron chi connectivity index (χ2n) is 7.01. The van der Waals surface area contributed by atoms with Crippen molar-refractivity contribution in [3.05, 3.63) is 54.4 Å². The number of fused-ring (bicyclic) bond motifs is 2. The molecule has 2 aromatic carbocycles. The highest BCUT2D eigenvalue weighted by molar-refractivity contribution is 5.98. The first-order chi connectivity index (χ1) is 13.3. The molecule has 1 aromatic heterocycles. The van der Waals surface area contributed by atoms with Gasteiger partial charge in [-0.2, -0.15) is 0 Å². The molecule has 6 heteroatoms. The van der Waals surface area contributed by atoms with Gasteiger partial charge in [0, 0.05) is 13.1 Å². The van der Waals surface area contributed by atoms with Crippen molar-refractivity contribution >= 4 is 16.9 Å². The lowest BCUT2D eigenvalue weighted by atomic mass is 10.1. The lowest BCUT2D eigenvalue weighted by Crippen LogP contribution is -2.38. The van der Waals surface area contributed by atoms with Gasteiger partial charge in [0.15, 0.2) is 11.5 Å². The molecule has 1 atom stereocenters. The van der Waals surface area contributed by atoms with Crippen molar-refractivity contribution in [2.45, 2.75) is 25.4 Å². The first kappa shape index (κ1) is 16.2. The first-order valence-corrected chi connectivity index (χ1v) is 9.41. The molecular weight excluding hydrogens is 342 g/mol. The average molecular weight is 363 g/mol. The SMILES string of the molecule is O=C(c1cccc2c1OCCO2)N1CCCC1Cn1cnc2ccccc21. The highest BCUT2D eigenvalue weighted by Gasteiger charge is 2.32. The molecule has 2 aliphatic rings. The predicted molar refractivity (Wildman–Crippen MR) is 101 cm³/mol. The van der Waals surface area contributed by atoms with Crippen molar-refractivity contribution in [3.63, 3.8) is 0 Å². The summed E-state index contributed by atoms with van der Waals surface area (Å²) in [6, 6.07) is 13.8. The number of carbonyl (C=O) groups is 1. The van der Waals surface area contributed by atoms with Gasteiger partial charge in [0.25, 0.3) is 5.91 Å². The maximum Gasteiger partial charge on any atom is 0.258 e. The van der Waals surface area contributed by atoms with Gasteiger partial charge in [-0.1, -0.05) is 18.2 Å². The number of ether oxygens (including phenoxy) is 2. The number of nitrogens with zero attached hydrogens (tertiary/aromatic N) is 3. The Morgan fingerprint density at radius 1 is 1.11 bits per heavy atom. The maximum atomic E-state index is 13.3. The smallest absolute Gasteiger partial charge is 0.258 e. The van der Waals surface area contributed by atoms with E-state index < -0.39 is 0 Å². The van der Waals surface area contributed by atoms with Gasteiger partial charge in [0.1, 0.15) is 13.2 Å². The standard InChI is InChI=1S/C21H21N3O3/c25-21(16-6-3-9-19-20(16)27-12-11-26-19)24-10-4-5-15(24)13-23-14-22-17-7-1-2-8-18(17)23/h1-3,6-9,14-15H,4-5,10-13H2. The molecule has 1 unspecified atom stereocenters. The Morgan fingerprint density at radius 3 is 2.96 bits per heavy atom. The Hall–Kier alpha value is -3.02. The minimum absolute atomic E-state index is 0.0178. The van der Waals surface area contributed by atoms with Crippen LogP contribution in [0.4, 0.5) is 0 Å². The highest BCUT2D eigenvalue weighted by Crippen LogP contribution is 2.35. The number of likely N-dealkylation sites (tertiary alicyclic amines) is 1. The molecule has 0 spiro atoms. The van der Waals surface area contributed by atoms with Crippen molar-refractivity contribution in [2.75, 3.05) is 19.8 Å². The highest BCUT2D eigenvalue weighted by atomic mass is 16.6. The monoisotopic (exact) mass is 363 g/mol. The van der Waals surface area contributed by atoms with Gasteiger partial charge in [0.2, 0.25) is 0 Å². The summed E-state index contributed by atoms with van der Waals surface area (Å²) in [5, 5.41) is 0. The zero-order chi connectivity index (χ0) is 18.2. The molecule has 3 aromatic rings. The van der Waals surface area contributed by atoms with E-state index in [4.69, 9.17) is 9.47 Å². The predicted octanol–water partition coefficient (Wildman–Crippen LogP) is 3.11. The number of rotatable bonds is 3. The van der Waals surface area contributed by atoms with Gasteiger partial charge in [-0.25, -0.2) is 4.98 Å². The van der Waals surface area contributed by atoms with Crippen LogP contribution in [0.15, 0.2) is 48.8 Å². The van der Waals surface area contributed by atoms with Crippen molar-refractivity contribution in [1.29, 1.82) is 0 Å². The second-order valence-corrected chi connectivity index (χ2v) is 7.01. The molecule has 1 fully saturated rings. The molecule has 0 N–H and O–H groups in total. The Kier molecular flexibility index (Phi) is 3.96. The fraction of sp³-hybridized carbons (Fsp3) is 0.333. The zero-order valence-corrected chi connectivity index (χ0v) is 15.0. The van der Waals surface area contributed by atoms with Crippen LogP contribution in [0.25, 0.3) is 11.0 Å². The molecule has 0 radical (unpaired) electrons. The number of para-hydroxylation sites is 3. The van der Waals surface area contributed by atoms with Crippen LogP contribution >= 0.6 is 0 Å². The van der Waals surface area contributed by atoms with Crippen molar-refractivity contribution in [3.8, 4) is 11.5 Å². The molecule has 1 amide bonds. The number of benzene rings is 2. The number of hydrogen-bond donors (Lipinski definition) is 0. The van der Waals surface area contributed by atoms with E-state index in [0.29, 0.717) is 30.3 Å². The molecule has 0 aliphatic carbocycles. The van der Waals surface area contributed by atoms with Gasteiger partial charge in [-0.05, 0) is 37.1 Å². The van der Waals surface area contributed by atoms with E-state index >= 15 is 0 Å². The quantitative estimate of drug-likeness (QED) is 0.717. The van der Waals surface area contributed by atoms with E-state index in [1.54, 1.807) is 0 Å². The topological polar surface area (TPSA) is 56.6 Å². The Bertz CT molecular complexity index is 997. The molecule has 2 aliphatic heterocycles. The third-order valence-corrected chi connectivity index (χ3v) is 5.37. The molecule has 6 nitrogen and oxygen atoms in total. The van der Waals surface area contributed by atoms with Crippen molar-refractivity contribution in [1.82, 2.24) is 14.5 Å². The van der Waals surface area contributed by atoms with Crippen LogP contribution in [0, 0.1) is 0 Å². The van der Waals surface area contributed by atoms with Crippen LogP contribution in [0.1, 0.15) is 23.2 Å². The summed E-state index contributed by atoms with van der Waals surface area (Å²) in [5.74, 6) is 1.25. The van der Waals surface area contributed by atoms with Crippen LogP contribution in [-0.4, -0.2) is 46.2 Å². The summed E-state index contributed by atoms with van der Waals surface area (Å²) in [6.45, 7) is 2.51. The summed E-state index contributed by atoms with van der Waals surface area (Å²) < 4.78 is 13.5. The second kappa shape index (κ2) is 6.61. The number of aromatic nitrogens is 2. The number of hydrogen-bond acceptors (Lipinski definition) is 4. The largest absolute Gasteiger partial charge is 0.486 e. The normalized spacial score (nSPS) is 18.8. The molecular formula is C21H21N3O3. The Labute approximate surface area is 157 Å². The van der Waals surface area contributed by atoms with Gasteiger partial charge >= 0.3 is 0 Å². The molecule has 1 saturated heterocycles. The van der Waals surface area contributed by atoms with E-state index in [1.807, 2.05) is 47.6 Å². The van der Waals surface area contributed by atoms with Crippen LogP contribution in [0.5, 0.6) is 11.5 Å². The summed E-state index contributed by atoms with van der Waals surface area (Å²) in [6.07, 6.45) is 3.87. The molecule has 5 rings (SSSR count). The summed E-state index contributed by atoms with van der Waals surface area (Å²) in [4.78, 5) is 19.7. The van der Waals surface area contributed by atoms with Gasteiger partial charge in [0.05, 0.1) is 29.0 Å². The molecule has 3 heterocycles. The molecule has 138 valence electrons. The summed E-state index contributed by atoms with van der Waals surface area (Å²) >= 11 is 0. The van der Waals surface area contributed by atoms with E-state index in [2.05, 4.69) is 15.6 Å². The summed E-state index contributed by atoms with van der Waals surface area (Å²) in [5.41, 5.74) is 2.68. The third kappa shape index (κ3) is 2.81. The van der Waals surface area contributed by atoms with E-state index in [1.165, 1.54) is 0 Å². The lowest BCUT2D eigenvalue weighted by molar-refractivity contribution is 0.0714. The average Bonchev–Trinajstić information content (AvgIpc) is 3.35. The van der Waals surface area contributed by atoms with Gasteiger partial charge < -0.3 is 18.9 Å². The van der Waals surface area contributed by atoms with E-state index in [9.17, 15) is 4.79 Å². The Balaban J connectivity index is 1.42. The summed E-state index contributed by atoms with van der Waals surface area (Å²) in [7, 11) is 0. The zero-order valence-electron chi connectivity index (χ0n) is 15.0. The van der Waals surface area contributed by atoms with Crippen LogP contribution < -0.4 is 9.47 Å². The first-order valence-electron chi connectivity index (χ1n) is 9.41. The van der Waals surface area contributed by atoms with Gasteiger partial charge in [-0.15, -0.1) is 0 Å². The molecule has 27 heavy (non-hydrogen) atoms. The third-order valence-electron chi connectivity index (χ3n) is 5.37. The van der Waals surface area contributed by atoms with Crippen LogP contribution in [0.2, 0.25) is 0 Å². The molecule has 0 saturated carbocycles. The van der Waals surface area contributed by atoms with Crippen molar-refractivity contribution < 1.29 is 14.3 Å². The fourth-order valence-electron chi connectivity index (χ4n) is 4.07. The Morgan fingerprint density at radius 2 is 2.00 bits per heavy atom. The van der Waals surface area contributed by atoms with Gasteiger partial charge in [-0.3, -0.25) is 4.79 Å². The van der Waals surface area contributed by atoms with Crippen LogP contribution in [-0.2, 0) is 6.54 Å². The number of carbonyl (C=O) groups excluding carboxylic acids is 1. The van der Waals surface area contributed by atoms with E-state index in [-0.39, 0.29) is 11.9 Å². The fourth-order valence-corrected chi connectivity index (χ4v) is 4.07. The van der Waals surface area contributed by atoms with Crippen molar-refractivity contribution in [2.24, 2.45) is 0 Å². The minimum atomic E-state index is 0.0178. The lowest BCUT2D eigenvalue weighted by Gasteiger charge is -2.27. The minimum Gasteiger partial charge on any atom is -0.486 e. The number of amides is 1. The maximum absolute atomic E-state index is 13.3. The van der Waals surface area contributed by atoms with Crippen LogP contribution in [0.3, 0.4) is 0 Å². The number of imidazole rings is 1.